The van der Waals surface area contributed by atoms with Gasteiger partial charge in [-0.1, -0.05) is 51.8 Å². The average molecular weight is 636 g/mol. The quantitative estimate of drug-likeness (QED) is 0.132. The summed E-state index contributed by atoms with van der Waals surface area (Å²) in [5, 5.41) is 12.6. The molecule has 0 unspecified atom stereocenters. The largest absolute Gasteiger partial charge is 0.490 e. The fourth-order valence-electron chi connectivity index (χ4n) is 3.71. The van der Waals surface area contributed by atoms with Crippen molar-refractivity contribution in [1.29, 1.82) is 5.26 Å². The summed E-state index contributed by atoms with van der Waals surface area (Å²) in [5.41, 5.74) is 2.63. The summed E-state index contributed by atoms with van der Waals surface area (Å²) >= 11 is 9.90. The molecule has 9 heteroatoms. The van der Waals surface area contributed by atoms with Gasteiger partial charge in [0.2, 0.25) is 0 Å². The van der Waals surface area contributed by atoms with Crippen LogP contribution in [0, 0.1) is 17.1 Å². The van der Waals surface area contributed by atoms with Crippen LogP contribution in [0.4, 0.5) is 10.1 Å². The Kier molecular flexibility index (Phi) is 10.4. The lowest BCUT2D eigenvalue weighted by molar-refractivity contribution is -0.112. The van der Waals surface area contributed by atoms with E-state index in [0.29, 0.717) is 41.7 Å². The summed E-state index contributed by atoms with van der Waals surface area (Å²) in [5.74, 6) is 0.377. The minimum atomic E-state index is -0.582. The number of rotatable bonds is 11. The lowest BCUT2D eigenvalue weighted by Crippen LogP contribution is -2.13. The van der Waals surface area contributed by atoms with Crippen molar-refractivity contribution in [3.8, 4) is 23.3 Å². The van der Waals surface area contributed by atoms with Gasteiger partial charge in [-0.3, -0.25) is 4.79 Å². The number of hydrogen-bond donors (Lipinski definition) is 1. The molecule has 6 nitrogen and oxygen atoms in total. The predicted molar refractivity (Wildman–Crippen MR) is 160 cm³/mol. The number of benzene rings is 4. The SMILES string of the molecule is CCOc1cc(/C=C(\C#N)C(=O)Nc2ccc(OCc3ccc(Br)cc3)cc2)cc(Cl)c1OCc1ccc(F)cc1. The van der Waals surface area contributed by atoms with Gasteiger partial charge in [-0.15, -0.1) is 0 Å². The molecular weight excluding hydrogens is 611 g/mol. The second-order valence-corrected chi connectivity index (χ2v) is 10.1. The molecule has 4 rings (SSSR count). The smallest absolute Gasteiger partial charge is 0.266 e. The average Bonchev–Trinajstić information content (AvgIpc) is 2.97. The zero-order valence-electron chi connectivity index (χ0n) is 22.0. The Bertz CT molecular complexity index is 1570. The Morgan fingerprint density at radius 3 is 2.22 bits per heavy atom. The summed E-state index contributed by atoms with van der Waals surface area (Å²) in [6, 6.07) is 25.8. The Morgan fingerprint density at radius 2 is 1.59 bits per heavy atom. The van der Waals surface area contributed by atoms with Gasteiger partial charge in [0.15, 0.2) is 11.5 Å². The van der Waals surface area contributed by atoms with Crippen LogP contribution in [0.3, 0.4) is 0 Å². The van der Waals surface area contributed by atoms with Crippen LogP contribution in [0.1, 0.15) is 23.6 Å². The van der Waals surface area contributed by atoms with Crippen molar-refractivity contribution in [2.75, 3.05) is 11.9 Å². The first kappa shape index (κ1) is 29.7. The molecule has 0 radical (unpaired) electrons. The monoisotopic (exact) mass is 634 g/mol. The highest BCUT2D eigenvalue weighted by Gasteiger charge is 2.15. The van der Waals surface area contributed by atoms with Crippen molar-refractivity contribution >= 4 is 45.2 Å². The zero-order valence-corrected chi connectivity index (χ0v) is 24.3. The highest BCUT2D eigenvalue weighted by Crippen LogP contribution is 2.38. The molecule has 0 saturated carbocycles. The number of carbonyl (C=O) groups is 1. The van der Waals surface area contributed by atoms with E-state index in [1.807, 2.05) is 37.3 Å². The zero-order chi connectivity index (χ0) is 29.2. The van der Waals surface area contributed by atoms with E-state index in [-0.39, 0.29) is 23.0 Å². The Labute approximate surface area is 251 Å². The number of ether oxygens (including phenoxy) is 3. The van der Waals surface area contributed by atoms with E-state index in [1.54, 1.807) is 48.5 Å². The van der Waals surface area contributed by atoms with Crippen LogP contribution in [-0.4, -0.2) is 12.5 Å². The maximum atomic E-state index is 13.2. The van der Waals surface area contributed by atoms with Crippen LogP contribution in [0.25, 0.3) is 6.08 Å². The number of nitriles is 1. The summed E-state index contributed by atoms with van der Waals surface area (Å²) in [6.07, 6.45) is 1.42. The standard InChI is InChI=1S/C32H25BrClFN2O4/c1-2-39-30-17-23(16-29(34)31(30)41-20-22-5-9-26(35)10-6-22)15-24(18-36)32(38)37-27-11-13-28(14-12-27)40-19-21-3-7-25(33)8-4-21/h3-17H,2,19-20H2,1H3,(H,37,38)/b24-15+. The van der Waals surface area contributed by atoms with Gasteiger partial charge >= 0.3 is 0 Å². The first-order chi connectivity index (χ1) is 19.8. The van der Waals surface area contributed by atoms with Gasteiger partial charge < -0.3 is 19.5 Å². The Hall–Kier alpha value is -4.32. The van der Waals surface area contributed by atoms with Crippen molar-refractivity contribution in [3.63, 3.8) is 0 Å². The second kappa shape index (κ2) is 14.4. The molecule has 41 heavy (non-hydrogen) atoms. The minimum absolute atomic E-state index is 0.126. The molecule has 0 heterocycles. The third-order valence-corrected chi connectivity index (χ3v) is 6.54. The normalized spacial score (nSPS) is 11.0. The summed E-state index contributed by atoms with van der Waals surface area (Å²) < 4.78 is 31.6. The molecule has 0 aromatic heterocycles. The molecule has 0 atom stereocenters. The van der Waals surface area contributed by atoms with Crippen LogP contribution >= 0.6 is 27.5 Å². The van der Waals surface area contributed by atoms with Crippen LogP contribution in [0.5, 0.6) is 17.2 Å². The van der Waals surface area contributed by atoms with E-state index >= 15 is 0 Å². The molecule has 0 bridgehead atoms. The molecule has 208 valence electrons. The van der Waals surface area contributed by atoms with Gasteiger partial charge in [0, 0.05) is 10.2 Å². The molecule has 4 aromatic carbocycles. The number of nitrogens with one attached hydrogen (secondary N) is 1. The predicted octanol–water partition coefficient (Wildman–Crippen LogP) is 8.34. The number of hydrogen-bond acceptors (Lipinski definition) is 5. The second-order valence-electron chi connectivity index (χ2n) is 8.74. The fraction of sp³-hybridized carbons (Fsp3) is 0.125. The topological polar surface area (TPSA) is 80.6 Å². The first-order valence-corrected chi connectivity index (χ1v) is 13.8. The van der Waals surface area contributed by atoms with Crippen molar-refractivity contribution in [1.82, 2.24) is 0 Å². The molecule has 0 fully saturated rings. The number of carbonyl (C=O) groups excluding carboxylic acids is 1. The van der Waals surface area contributed by atoms with Crippen LogP contribution in [-0.2, 0) is 18.0 Å². The summed E-state index contributed by atoms with van der Waals surface area (Å²) in [4.78, 5) is 12.9. The van der Waals surface area contributed by atoms with Gasteiger partial charge in [-0.25, -0.2) is 4.39 Å². The Balaban J connectivity index is 1.43. The lowest BCUT2D eigenvalue weighted by atomic mass is 10.1. The molecule has 4 aromatic rings. The minimum Gasteiger partial charge on any atom is -0.490 e. The van der Waals surface area contributed by atoms with Gasteiger partial charge in [0.25, 0.3) is 5.91 Å². The van der Waals surface area contributed by atoms with Crippen molar-refractivity contribution in [2.24, 2.45) is 0 Å². The molecular formula is C32H25BrClFN2O4. The molecule has 0 aliphatic heterocycles. The highest BCUT2D eigenvalue weighted by molar-refractivity contribution is 9.10. The first-order valence-electron chi connectivity index (χ1n) is 12.6. The molecule has 1 amide bonds. The summed E-state index contributed by atoms with van der Waals surface area (Å²) in [7, 11) is 0. The third kappa shape index (κ3) is 8.58. The molecule has 0 aliphatic rings. The molecule has 0 spiro atoms. The van der Waals surface area contributed by atoms with E-state index < -0.39 is 5.91 Å². The molecule has 0 aliphatic carbocycles. The van der Waals surface area contributed by atoms with E-state index in [2.05, 4.69) is 21.2 Å². The van der Waals surface area contributed by atoms with Crippen LogP contribution < -0.4 is 19.5 Å². The number of anilines is 1. The van der Waals surface area contributed by atoms with E-state index in [1.165, 1.54) is 18.2 Å². The summed E-state index contributed by atoms with van der Waals surface area (Å²) in [6.45, 7) is 2.70. The van der Waals surface area contributed by atoms with Gasteiger partial charge in [-0.05, 0) is 90.4 Å². The van der Waals surface area contributed by atoms with E-state index in [4.69, 9.17) is 25.8 Å². The van der Waals surface area contributed by atoms with Crippen molar-refractivity contribution < 1.29 is 23.4 Å². The third-order valence-electron chi connectivity index (χ3n) is 5.74. The van der Waals surface area contributed by atoms with Crippen molar-refractivity contribution in [3.05, 3.63) is 123 Å². The maximum Gasteiger partial charge on any atom is 0.266 e. The molecule has 0 saturated heterocycles. The van der Waals surface area contributed by atoms with Gasteiger partial charge in [-0.2, -0.15) is 5.26 Å². The van der Waals surface area contributed by atoms with Gasteiger partial charge in [0.1, 0.15) is 36.4 Å². The van der Waals surface area contributed by atoms with Crippen LogP contribution in [0.15, 0.2) is 95.0 Å². The highest BCUT2D eigenvalue weighted by atomic mass is 79.9. The number of amides is 1. The lowest BCUT2D eigenvalue weighted by Gasteiger charge is -2.15. The molecule has 1 N–H and O–H groups in total. The van der Waals surface area contributed by atoms with E-state index in [9.17, 15) is 14.4 Å². The Morgan fingerprint density at radius 1 is 0.951 bits per heavy atom. The van der Waals surface area contributed by atoms with Crippen LogP contribution in [0.2, 0.25) is 5.02 Å². The van der Waals surface area contributed by atoms with Gasteiger partial charge in [0.05, 0.1) is 11.6 Å². The fourth-order valence-corrected chi connectivity index (χ4v) is 4.24. The number of nitrogens with zero attached hydrogens (tertiary/aromatic N) is 1. The number of halogens is 3. The van der Waals surface area contributed by atoms with Crippen molar-refractivity contribution in [2.45, 2.75) is 20.1 Å². The maximum absolute atomic E-state index is 13.2. The van der Waals surface area contributed by atoms with E-state index in [0.717, 1.165) is 15.6 Å².